The Morgan fingerprint density at radius 1 is 1.08 bits per heavy atom. The average molecular weight is 358 g/mol. The summed E-state index contributed by atoms with van der Waals surface area (Å²) in [6.07, 6.45) is 0. The zero-order valence-corrected chi connectivity index (χ0v) is 15.0. The summed E-state index contributed by atoms with van der Waals surface area (Å²) < 4.78 is 10.5. The molecule has 0 aliphatic rings. The highest BCUT2D eigenvalue weighted by Gasteiger charge is 2.13. The molecule has 26 heavy (non-hydrogen) atoms. The van der Waals surface area contributed by atoms with Gasteiger partial charge in [-0.1, -0.05) is 12.1 Å². The van der Waals surface area contributed by atoms with E-state index in [2.05, 4.69) is 5.32 Å². The van der Waals surface area contributed by atoms with Crippen molar-refractivity contribution in [2.45, 2.75) is 13.1 Å². The van der Waals surface area contributed by atoms with Crippen molar-refractivity contribution in [2.75, 3.05) is 21.3 Å². The van der Waals surface area contributed by atoms with Gasteiger partial charge in [0.1, 0.15) is 11.5 Å². The van der Waals surface area contributed by atoms with E-state index in [-0.39, 0.29) is 11.6 Å². The number of carbonyl (C=O) groups excluding carboxylic acids is 1. The molecule has 0 atom stereocenters. The van der Waals surface area contributed by atoms with Crippen LogP contribution in [0.3, 0.4) is 0 Å². The zero-order chi connectivity index (χ0) is 19.1. The summed E-state index contributed by atoms with van der Waals surface area (Å²) in [6, 6.07) is 11.6. The standard InChI is InChI=1S/C19H22N2O5/c1-21(12-15-8-9-16(25-2)10-17(15)26-3)19(24)20-11-13-4-6-14(7-5-13)18(22)23/h4-10H,11-12H2,1-3H3,(H,20,24)(H,22,23). The van der Waals surface area contributed by atoms with Crippen molar-refractivity contribution in [1.82, 2.24) is 10.2 Å². The van der Waals surface area contributed by atoms with Crippen molar-refractivity contribution in [1.29, 1.82) is 0 Å². The van der Waals surface area contributed by atoms with E-state index < -0.39 is 5.97 Å². The van der Waals surface area contributed by atoms with Gasteiger partial charge in [0.15, 0.2) is 0 Å². The molecule has 0 spiro atoms. The van der Waals surface area contributed by atoms with Crippen LogP contribution in [0.15, 0.2) is 42.5 Å². The number of ether oxygens (including phenoxy) is 2. The highest BCUT2D eigenvalue weighted by Crippen LogP contribution is 2.25. The first-order valence-electron chi connectivity index (χ1n) is 7.96. The van der Waals surface area contributed by atoms with E-state index in [1.165, 1.54) is 17.0 Å². The van der Waals surface area contributed by atoms with Crippen LogP contribution in [0.1, 0.15) is 21.5 Å². The van der Waals surface area contributed by atoms with E-state index >= 15 is 0 Å². The van der Waals surface area contributed by atoms with Crippen LogP contribution in [-0.2, 0) is 13.1 Å². The van der Waals surface area contributed by atoms with Gasteiger partial charge in [0, 0.05) is 25.2 Å². The van der Waals surface area contributed by atoms with Gasteiger partial charge in [-0.05, 0) is 29.8 Å². The summed E-state index contributed by atoms with van der Waals surface area (Å²) in [7, 11) is 4.84. The molecular weight excluding hydrogens is 336 g/mol. The van der Waals surface area contributed by atoms with E-state index in [9.17, 15) is 9.59 Å². The van der Waals surface area contributed by atoms with Gasteiger partial charge in [0.05, 0.1) is 26.3 Å². The van der Waals surface area contributed by atoms with E-state index in [1.54, 1.807) is 39.5 Å². The van der Waals surface area contributed by atoms with Crippen LogP contribution in [-0.4, -0.2) is 43.3 Å². The number of aromatic carboxylic acids is 1. The third-order valence-electron chi connectivity index (χ3n) is 3.89. The first kappa shape index (κ1) is 19.1. The number of methoxy groups -OCH3 is 2. The second kappa shape index (κ2) is 8.75. The van der Waals surface area contributed by atoms with Crippen LogP contribution in [0.5, 0.6) is 11.5 Å². The van der Waals surface area contributed by atoms with E-state index in [0.717, 1.165) is 11.1 Å². The number of rotatable bonds is 7. The number of hydrogen-bond acceptors (Lipinski definition) is 4. The number of carboxylic acid groups (broad SMARTS) is 1. The van der Waals surface area contributed by atoms with E-state index in [4.69, 9.17) is 14.6 Å². The smallest absolute Gasteiger partial charge is 0.335 e. The molecule has 0 aliphatic heterocycles. The van der Waals surface area contributed by atoms with Gasteiger partial charge in [-0.2, -0.15) is 0 Å². The Hall–Kier alpha value is -3.22. The summed E-state index contributed by atoms with van der Waals surface area (Å²) in [5.74, 6) is 0.351. The lowest BCUT2D eigenvalue weighted by atomic mass is 10.1. The molecule has 0 heterocycles. The third-order valence-corrected chi connectivity index (χ3v) is 3.89. The second-order valence-electron chi connectivity index (χ2n) is 5.69. The Morgan fingerprint density at radius 3 is 2.35 bits per heavy atom. The molecule has 0 unspecified atom stereocenters. The third kappa shape index (κ3) is 4.89. The Morgan fingerprint density at radius 2 is 1.77 bits per heavy atom. The zero-order valence-electron chi connectivity index (χ0n) is 15.0. The summed E-state index contributed by atoms with van der Waals surface area (Å²) in [4.78, 5) is 24.7. The fourth-order valence-corrected chi connectivity index (χ4v) is 2.39. The summed E-state index contributed by atoms with van der Waals surface area (Å²) in [5, 5.41) is 11.7. The van der Waals surface area contributed by atoms with Crippen molar-refractivity contribution in [3.05, 3.63) is 59.2 Å². The van der Waals surface area contributed by atoms with Crippen LogP contribution in [0.2, 0.25) is 0 Å². The molecule has 2 amide bonds. The van der Waals surface area contributed by atoms with Crippen LogP contribution < -0.4 is 14.8 Å². The van der Waals surface area contributed by atoms with Gasteiger partial charge >= 0.3 is 12.0 Å². The fourth-order valence-electron chi connectivity index (χ4n) is 2.39. The molecule has 0 radical (unpaired) electrons. The van der Waals surface area contributed by atoms with Crippen LogP contribution in [0.25, 0.3) is 0 Å². The first-order chi connectivity index (χ1) is 12.4. The highest BCUT2D eigenvalue weighted by atomic mass is 16.5. The monoisotopic (exact) mass is 358 g/mol. The number of urea groups is 1. The molecular formula is C19H22N2O5. The molecule has 0 aromatic heterocycles. The lowest BCUT2D eigenvalue weighted by molar-refractivity contribution is 0.0697. The number of hydrogen-bond donors (Lipinski definition) is 2. The maximum atomic E-state index is 12.3. The Bertz CT molecular complexity index is 774. The van der Waals surface area contributed by atoms with Gasteiger partial charge in [-0.15, -0.1) is 0 Å². The van der Waals surface area contributed by atoms with E-state index in [0.29, 0.717) is 24.6 Å². The highest BCUT2D eigenvalue weighted by molar-refractivity contribution is 5.87. The van der Waals surface area contributed by atoms with Gasteiger partial charge in [0.25, 0.3) is 0 Å². The van der Waals surface area contributed by atoms with Crippen molar-refractivity contribution in [3.8, 4) is 11.5 Å². The van der Waals surface area contributed by atoms with Crippen LogP contribution in [0.4, 0.5) is 4.79 Å². The molecule has 2 rings (SSSR count). The largest absolute Gasteiger partial charge is 0.497 e. The molecule has 138 valence electrons. The number of carboxylic acids is 1. The molecule has 2 aromatic carbocycles. The van der Waals surface area contributed by atoms with Gasteiger partial charge in [-0.3, -0.25) is 0 Å². The molecule has 0 aliphatic carbocycles. The van der Waals surface area contributed by atoms with Crippen molar-refractivity contribution < 1.29 is 24.2 Å². The Balaban J connectivity index is 1.94. The normalized spacial score (nSPS) is 10.1. The topological polar surface area (TPSA) is 88.1 Å². The molecule has 2 aromatic rings. The van der Waals surface area contributed by atoms with Crippen LogP contribution >= 0.6 is 0 Å². The maximum absolute atomic E-state index is 12.3. The SMILES string of the molecule is COc1ccc(CN(C)C(=O)NCc2ccc(C(=O)O)cc2)c(OC)c1. The van der Waals surface area contributed by atoms with Crippen molar-refractivity contribution in [3.63, 3.8) is 0 Å². The molecule has 0 saturated carbocycles. The van der Waals surface area contributed by atoms with Crippen molar-refractivity contribution >= 4 is 12.0 Å². The van der Waals surface area contributed by atoms with Gasteiger partial charge in [-0.25, -0.2) is 9.59 Å². The Labute approximate surface area is 152 Å². The molecule has 0 bridgehead atoms. The van der Waals surface area contributed by atoms with Gasteiger partial charge < -0.3 is 24.8 Å². The quantitative estimate of drug-likeness (QED) is 0.795. The van der Waals surface area contributed by atoms with Crippen molar-refractivity contribution in [2.24, 2.45) is 0 Å². The second-order valence-corrected chi connectivity index (χ2v) is 5.69. The van der Waals surface area contributed by atoms with E-state index in [1.807, 2.05) is 12.1 Å². The lowest BCUT2D eigenvalue weighted by Gasteiger charge is -2.20. The minimum absolute atomic E-state index is 0.212. The number of nitrogens with zero attached hydrogens (tertiary/aromatic N) is 1. The average Bonchev–Trinajstić information content (AvgIpc) is 2.66. The first-order valence-corrected chi connectivity index (χ1v) is 7.96. The number of carbonyl (C=O) groups is 2. The molecule has 2 N–H and O–H groups in total. The number of nitrogens with one attached hydrogen (secondary N) is 1. The lowest BCUT2D eigenvalue weighted by Crippen LogP contribution is -2.36. The summed E-state index contributed by atoms with van der Waals surface area (Å²) in [5.41, 5.74) is 1.89. The molecule has 0 fully saturated rings. The minimum Gasteiger partial charge on any atom is -0.497 e. The number of benzene rings is 2. The number of amides is 2. The fraction of sp³-hybridized carbons (Fsp3) is 0.263. The maximum Gasteiger partial charge on any atom is 0.335 e. The van der Waals surface area contributed by atoms with Gasteiger partial charge in [0.2, 0.25) is 0 Å². The predicted octanol–water partition coefficient (Wildman–Crippen LogP) is 2.74. The molecule has 7 nitrogen and oxygen atoms in total. The molecule has 0 saturated heterocycles. The molecule has 7 heteroatoms. The van der Waals surface area contributed by atoms with Crippen LogP contribution in [0, 0.1) is 0 Å². The summed E-state index contributed by atoms with van der Waals surface area (Å²) in [6.45, 7) is 0.680. The predicted molar refractivity (Wildman–Crippen MR) is 96.7 cm³/mol. The Kier molecular flexibility index (Phi) is 6.43. The summed E-state index contributed by atoms with van der Waals surface area (Å²) >= 11 is 0. The minimum atomic E-state index is -0.978.